The molecule has 10 heteroatoms. The number of benzene rings is 3. The number of carboxylic acids is 1. The fraction of sp³-hybridized carbons (Fsp3) is 0.273. The Kier molecular flexibility index (Phi) is 15.4. The smallest absolute Gasteiger partial charge is 1.00 e. The average molecular weight is 643 g/mol. The van der Waals surface area contributed by atoms with E-state index in [1.54, 1.807) is 12.1 Å². The van der Waals surface area contributed by atoms with Crippen molar-refractivity contribution >= 4 is 93.0 Å². The molecule has 0 fully saturated rings. The third kappa shape index (κ3) is 9.87. The molecule has 0 radical (unpaired) electrons. The van der Waals surface area contributed by atoms with Crippen LogP contribution < -0.4 is 5.32 Å². The Morgan fingerprint density at radius 3 is 2.00 bits per heavy atom. The number of hydrogen-bond donors (Lipinski definition) is 4. The van der Waals surface area contributed by atoms with Gasteiger partial charge in [0.15, 0.2) is 0 Å². The first-order valence-electron chi connectivity index (χ1n) is 13.7. The van der Waals surface area contributed by atoms with Crippen molar-refractivity contribution < 1.29 is 35.0 Å². The molecule has 4 rings (SSSR count). The van der Waals surface area contributed by atoms with Crippen LogP contribution in [-0.2, 0) is 11.3 Å². The molecule has 0 saturated carbocycles. The zero-order chi connectivity index (χ0) is 29.5. The predicted octanol–water partition coefficient (Wildman–Crippen LogP) is 6.00. The number of nitrogens with zero attached hydrogens (tertiary/aromatic N) is 1. The molecule has 0 spiro atoms. The SMILES string of the molecule is CC(C)c1c(C(=O)Nc2ccccc2)c(-c2ccccc2)c(-c2ccc(F)cc2)n1CCC(O)CC(O)CC(=O)O.[Ca+2].[Ca+2].[H-].[H-].[H-].[H-]. The van der Waals surface area contributed by atoms with Gasteiger partial charge in [0.1, 0.15) is 5.82 Å². The van der Waals surface area contributed by atoms with Gasteiger partial charge in [-0.1, -0.05) is 62.4 Å². The summed E-state index contributed by atoms with van der Waals surface area (Å²) < 4.78 is 16.0. The summed E-state index contributed by atoms with van der Waals surface area (Å²) in [5, 5.41) is 32.8. The van der Waals surface area contributed by atoms with Gasteiger partial charge in [0.25, 0.3) is 5.91 Å². The van der Waals surface area contributed by atoms with Gasteiger partial charge in [0.2, 0.25) is 0 Å². The number of nitrogens with one attached hydrogen (secondary N) is 1. The second-order valence-corrected chi connectivity index (χ2v) is 10.4. The molecule has 1 amide bonds. The van der Waals surface area contributed by atoms with Crippen molar-refractivity contribution in [3.63, 3.8) is 0 Å². The van der Waals surface area contributed by atoms with Crippen LogP contribution >= 0.6 is 0 Å². The normalized spacial score (nSPS) is 12.1. The monoisotopic (exact) mass is 642 g/mol. The van der Waals surface area contributed by atoms with Crippen molar-refractivity contribution in [3.05, 3.63) is 102 Å². The van der Waals surface area contributed by atoms with Gasteiger partial charge in [0, 0.05) is 23.5 Å². The van der Waals surface area contributed by atoms with Crippen LogP contribution in [0.5, 0.6) is 0 Å². The van der Waals surface area contributed by atoms with Gasteiger partial charge < -0.3 is 30.9 Å². The third-order valence-corrected chi connectivity index (χ3v) is 6.93. The number of aliphatic hydroxyl groups is 2. The standard InChI is InChI=1S/C33H35FN2O5.2Ca.4H/c1-21(2)31-30(33(41)35-25-11-7-4-8-12-25)29(22-9-5-3-6-10-22)32(23-13-15-24(34)16-14-23)36(31)18-17-26(37)19-27(38)20-28(39)40;;;;;;/h3-16,21,26-27,37-38H,17-20H2,1-2H3,(H,35,41)(H,39,40);;;;;;/q;2*+2;4*-1. The van der Waals surface area contributed by atoms with E-state index in [1.165, 1.54) is 12.1 Å². The number of carboxylic acid groups (broad SMARTS) is 1. The second kappa shape index (κ2) is 17.7. The van der Waals surface area contributed by atoms with E-state index in [2.05, 4.69) is 5.32 Å². The zero-order valence-corrected chi connectivity index (χ0v) is 29.0. The minimum absolute atomic E-state index is 0. The van der Waals surface area contributed by atoms with Crippen LogP contribution in [0.15, 0.2) is 84.9 Å². The van der Waals surface area contributed by atoms with Crippen molar-refractivity contribution in [2.24, 2.45) is 0 Å². The minimum atomic E-state index is -1.18. The van der Waals surface area contributed by atoms with Gasteiger partial charge in [-0.25, -0.2) is 4.39 Å². The third-order valence-electron chi connectivity index (χ3n) is 6.93. The average Bonchev–Trinajstić information content (AvgIpc) is 3.28. The molecule has 0 saturated heterocycles. The van der Waals surface area contributed by atoms with Crippen molar-refractivity contribution in [1.82, 2.24) is 4.57 Å². The van der Waals surface area contributed by atoms with E-state index in [9.17, 15) is 24.2 Å². The molecule has 4 N–H and O–H groups in total. The van der Waals surface area contributed by atoms with E-state index in [0.29, 0.717) is 28.1 Å². The van der Waals surface area contributed by atoms with E-state index in [-0.39, 0.29) is 118 Å². The molecule has 3 aromatic carbocycles. The first kappa shape index (κ1) is 37.4. The molecule has 0 aliphatic rings. The number of para-hydroxylation sites is 1. The van der Waals surface area contributed by atoms with Crippen LogP contribution in [0.3, 0.4) is 0 Å². The fourth-order valence-corrected chi connectivity index (χ4v) is 5.20. The largest absolute Gasteiger partial charge is 2.00 e. The summed E-state index contributed by atoms with van der Waals surface area (Å²) in [6.07, 6.45) is -2.51. The molecule has 7 nitrogen and oxygen atoms in total. The van der Waals surface area contributed by atoms with E-state index >= 15 is 0 Å². The van der Waals surface area contributed by atoms with Crippen molar-refractivity contribution in [1.29, 1.82) is 0 Å². The van der Waals surface area contributed by atoms with Gasteiger partial charge in [0.05, 0.1) is 29.9 Å². The number of halogens is 1. The summed E-state index contributed by atoms with van der Waals surface area (Å²) >= 11 is 0. The molecule has 1 aromatic heterocycles. The summed E-state index contributed by atoms with van der Waals surface area (Å²) in [5.74, 6) is -1.93. The Balaban J connectivity index is -0.00000323. The summed E-state index contributed by atoms with van der Waals surface area (Å²) in [7, 11) is 0. The molecule has 0 bridgehead atoms. The first-order chi connectivity index (χ1) is 19.7. The van der Waals surface area contributed by atoms with Crippen molar-refractivity contribution in [2.45, 2.75) is 57.8 Å². The molecule has 2 atom stereocenters. The van der Waals surface area contributed by atoms with Crippen LogP contribution in [-0.4, -0.2) is 119 Å². The number of aliphatic hydroxyl groups excluding tert-OH is 2. The molecular formula is C33H39Ca2FN2O5. The van der Waals surface area contributed by atoms with Crippen molar-refractivity contribution in [3.8, 4) is 22.4 Å². The maximum atomic E-state index is 14.0. The molecule has 0 aliphatic carbocycles. The number of amides is 1. The maximum absolute atomic E-state index is 14.0. The number of anilines is 1. The Bertz CT molecular complexity index is 1500. The molecule has 2 unspecified atom stereocenters. The van der Waals surface area contributed by atoms with Gasteiger partial charge in [-0.15, -0.1) is 0 Å². The number of rotatable bonds is 12. The van der Waals surface area contributed by atoms with E-state index in [1.807, 2.05) is 79.1 Å². The van der Waals surface area contributed by atoms with Gasteiger partial charge in [-0.2, -0.15) is 0 Å². The zero-order valence-electron chi connectivity index (χ0n) is 28.5. The van der Waals surface area contributed by atoms with Gasteiger partial charge >= 0.3 is 81.4 Å². The van der Waals surface area contributed by atoms with Crippen LogP contribution in [0, 0.1) is 5.82 Å². The summed E-state index contributed by atoms with van der Waals surface area (Å²) in [6, 6.07) is 24.8. The minimum Gasteiger partial charge on any atom is -1.00 e. The number of carbonyl (C=O) groups excluding carboxylic acids is 1. The Hall–Kier alpha value is -1.75. The van der Waals surface area contributed by atoms with Crippen LogP contribution in [0.4, 0.5) is 10.1 Å². The van der Waals surface area contributed by atoms with Crippen molar-refractivity contribution in [2.75, 3.05) is 5.32 Å². The number of carbonyl (C=O) groups is 2. The topological polar surface area (TPSA) is 112 Å². The summed E-state index contributed by atoms with van der Waals surface area (Å²) in [6.45, 7) is 4.25. The van der Waals surface area contributed by atoms with Gasteiger partial charge in [-0.3, -0.25) is 9.59 Å². The second-order valence-electron chi connectivity index (χ2n) is 10.4. The Morgan fingerprint density at radius 2 is 1.44 bits per heavy atom. The quantitative estimate of drug-likeness (QED) is 0.142. The molecule has 43 heavy (non-hydrogen) atoms. The fourth-order valence-electron chi connectivity index (χ4n) is 5.20. The summed E-state index contributed by atoms with van der Waals surface area (Å²) in [4.78, 5) is 25.0. The Labute approximate surface area is 317 Å². The molecule has 4 aromatic rings. The van der Waals surface area contributed by atoms with E-state index in [4.69, 9.17) is 5.11 Å². The first-order valence-corrected chi connectivity index (χ1v) is 13.7. The molecule has 0 aliphatic heterocycles. The molecule has 222 valence electrons. The number of hydrogen-bond acceptors (Lipinski definition) is 4. The van der Waals surface area contributed by atoms with Crippen LogP contribution in [0.25, 0.3) is 22.4 Å². The van der Waals surface area contributed by atoms with Crippen LogP contribution in [0.2, 0.25) is 0 Å². The van der Waals surface area contributed by atoms with Gasteiger partial charge in [-0.05, 0) is 66.3 Å². The number of aromatic nitrogens is 1. The molecular weight excluding hydrogens is 604 g/mol. The summed E-state index contributed by atoms with van der Waals surface area (Å²) in [5.41, 5.74) is 4.77. The maximum Gasteiger partial charge on any atom is 2.00 e. The molecule has 1 heterocycles. The van der Waals surface area contributed by atoms with E-state index < -0.39 is 24.6 Å². The van der Waals surface area contributed by atoms with Crippen LogP contribution in [0.1, 0.15) is 60.8 Å². The van der Waals surface area contributed by atoms with E-state index in [0.717, 1.165) is 11.3 Å². The predicted molar refractivity (Wildman–Crippen MR) is 173 cm³/mol. The number of aliphatic carboxylic acids is 1. The Morgan fingerprint density at radius 1 is 0.860 bits per heavy atom.